The number of ether oxygens (including phenoxy) is 1. The summed E-state index contributed by atoms with van der Waals surface area (Å²) < 4.78 is 33.7. The molecule has 3 aliphatic rings. The topological polar surface area (TPSA) is 107 Å². The van der Waals surface area contributed by atoms with Crippen molar-refractivity contribution in [3.8, 4) is 5.75 Å². The molecule has 2 atom stereocenters. The number of hydrogen-bond acceptors (Lipinski definition) is 7. The highest BCUT2D eigenvalue weighted by molar-refractivity contribution is 5.98. The van der Waals surface area contributed by atoms with Crippen LogP contribution in [-0.4, -0.2) is 86.6 Å². The Morgan fingerprint density at radius 3 is 2.51 bits per heavy atom. The first-order valence-electron chi connectivity index (χ1n) is 16.6. The third kappa shape index (κ3) is 6.96. The van der Waals surface area contributed by atoms with Crippen LogP contribution in [0.5, 0.6) is 5.75 Å². The number of halogens is 2. The molecule has 0 aliphatic carbocycles. The SMILES string of the molecule is C[C@@H]1CN(CC(=O)N2CC(C)(C)c3ncc(Cc4ccc(F)cc4F)cc32)[C@H](C(=O)N2Cc3cccc(O)c3C2)CN1C(=O)OC(C)(C)C. The number of amides is 3. The molecule has 3 aliphatic heterocycles. The summed E-state index contributed by atoms with van der Waals surface area (Å²) in [6.07, 6.45) is 1.30. The number of aromatic nitrogens is 1. The van der Waals surface area contributed by atoms with Crippen LogP contribution in [0.3, 0.4) is 0 Å². The number of piperazine rings is 1. The molecule has 1 aromatic heterocycles. The van der Waals surface area contributed by atoms with Gasteiger partial charge in [-0.25, -0.2) is 13.6 Å². The first kappa shape index (κ1) is 34.3. The molecule has 0 spiro atoms. The first-order valence-corrected chi connectivity index (χ1v) is 16.6. The second kappa shape index (κ2) is 12.7. The molecule has 0 unspecified atom stereocenters. The van der Waals surface area contributed by atoms with Crippen LogP contribution in [0.4, 0.5) is 19.3 Å². The molecular weight excluding hydrogens is 632 g/mol. The van der Waals surface area contributed by atoms with Gasteiger partial charge in [-0.05, 0) is 62.6 Å². The summed E-state index contributed by atoms with van der Waals surface area (Å²) in [5.74, 6) is -1.68. The summed E-state index contributed by atoms with van der Waals surface area (Å²) in [6.45, 7) is 12.3. The number of fused-ring (bicyclic) bond motifs is 2. The van der Waals surface area contributed by atoms with Gasteiger partial charge in [0, 0.05) is 61.9 Å². The summed E-state index contributed by atoms with van der Waals surface area (Å²) in [5, 5.41) is 10.4. The smallest absolute Gasteiger partial charge is 0.410 e. The Bertz CT molecular complexity index is 1810. The minimum atomic E-state index is -0.842. The fraction of sp³-hybridized carbons (Fsp3) is 0.459. The zero-order chi connectivity index (χ0) is 35.4. The second-order valence-electron chi connectivity index (χ2n) is 15.0. The summed E-state index contributed by atoms with van der Waals surface area (Å²) >= 11 is 0. The van der Waals surface area contributed by atoms with Crippen LogP contribution in [0.2, 0.25) is 0 Å². The molecule has 260 valence electrons. The van der Waals surface area contributed by atoms with Crippen molar-refractivity contribution in [1.29, 1.82) is 0 Å². The molecule has 49 heavy (non-hydrogen) atoms. The number of rotatable bonds is 5. The van der Waals surface area contributed by atoms with E-state index in [-0.39, 0.29) is 56.2 Å². The normalized spacial score (nSPS) is 20.3. The maximum atomic E-state index is 14.5. The number of carbonyl (C=O) groups is 3. The van der Waals surface area contributed by atoms with E-state index in [0.717, 1.165) is 17.3 Å². The minimum absolute atomic E-state index is 0.0258. The van der Waals surface area contributed by atoms with Gasteiger partial charge in [0.05, 0.1) is 24.5 Å². The molecule has 10 nitrogen and oxygen atoms in total. The Labute approximate surface area is 285 Å². The zero-order valence-corrected chi connectivity index (χ0v) is 28.8. The Kier molecular flexibility index (Phi) is 8.89. The molecule has 0 saturated carbocycles. The Morgan fingerprint density at radius 2 is 1.82 bits per heavy atom. The standard InChI is InChI=1S/C37H43F2N5O5/c1-22-16-41(30(19-43(22)35(48)49-36(2,3)4)34(47)42-17-25-8-7-9-31(45)27(25)18-42)20-32(46)44-21-37(5,6)33-29(44)13-23(15-40-33)12-24-10-11-26(38)14-28(24)39/h7-11,13-15,22,30,45H,12,16-21H2,1-6H3/t22-,30+/m1/s1. The Balaban J connectivity index is 1.26. The largest absolute Gasteiger partial charge is 0.508 e. The fourth-order valence-electron chi connectivity index (χ4n) is 7.04. The lowest BCUT2D eigenvalue weighted by molar-refractivity contribution is -0.141. The van der Waals surface area contributed by atoms with Crippen LogP contribution in [-0.2, 0) is 39.3 Å². The van der Waals surface area contributed by atoms with Gasteiger partial charge >= 0.3 is 6.09 Å². The molecule has 1 fully saturated rings. The first-order chi connectivity index (χ1) is 23.0. The van der Waals surface area contributed by atoms with Crippen molar-refractivity contribution in [1.82, 2.24) is 19.7 Å². The highest BCUT2D eigenvalue weighted by Crippen LogP contribution is 2.40. The molecule has 1 N–H and O–H groups in total. The number of anilines is 1. The number of benzene rings is 2. The number of nitrogens with zero attached hydrogens (tertiary/aromatic N) is 5. The van der Waals surface area contributed by atoms with E-state index in [4.69, 9.17) is 4.74 Å². The van der Waals surface area contributed by atoms with Crippen LogP contribution in [0.25, 0.3) is 0 Å². The lowest BCUT2D eigenvalue weighted by atomic mass is 9.91. The van der Waals surface area contributed by atoms with Gasteiger partial charge < -0.3 is 24.5 Å². The Morgan fingerprint density at radius 1 is 1.06 bits per heavy atom. The summed E-state index contributed by atoms with van der Waals surface area (Å²) in [7, 11) is 0. The molecule has 3 amide bonds. The number of carbonyl (C=O) groups excluding carboxylic acids is 3. The maximum Gasteiger partial charge on any atom is 0.410 e. The van der Waals surface area contributed by atoms with E-state index in [1.165, 1.54) is 12.1 Å². The molecule has 6 rings (SSSR count). The van der Waals surface area contributed by atoms with Crippen molar-refractivity contribution in [2.75, 3.05) is 31.1 Å². The van der Waals surface area contributed by atoms with E-state index in [0.29, 0.717) is 35.5 Å². The third-order valence-corrected chi connectivity index (χ3v) is 9.48. The van der Waals surface area contributed by atoms with Gasteiger partial charge in [0.1, 0.15) is 29.0 Å². The van der Waals surface area contributed by atoms with Crippen molar-refractivity contribution >= 4 is 23.6 Å². The van der Waals surface area contributed by atoms with Crippen molar-refractivity contribution in [3.05, 3.63) is 88.2 Å². The van der Waals surface area contributed by atoms with Crippen LogP contribution in [0.15, 0.2) is 48.7 Å². The lowest BCUT2D eigenvalue weighted by Gasteiger charge is -2.45. The highest BCUT2D eigenvalue weighted by atomic mass is 19.1. The molecule has 0 radical (unpaired) electrons. The zero-order valence-electron chi connectivity index (χ0n) is 28.8. The number of phenolic OH excluding ortho intramolecular Hbond substituents is 1. The molecule has 4 heterocycles. The van der Waals surface area contributed by atoms with E-state index in [2.05, 4.69) is 4.98 Å². The van der Waals surface area contributed by atoms with Crippen LogP contribution >= 0.6 is 0 Å². The van der Waals surface area contributed by atoms with Gasteiger partial charge in [-0.2, -0.15) is 0 Å². The van der Waals surface area contributed by atoms with Crippen molar-refractivity contribution < 1.29 is 33.0 Å². The van der Waals surface area contributed by atoms with E-state index in [1.807, 2.05) is 37.8 Å². The summed E-state index contributed by atoms with van der Waals surface area (Å²) in [6, 6.07) is 9.30. The molecule has 1 saturated heterocycles. The number of pyridine rings is 1. The lowest BCUT2D eigenvalue weighted by Crippen LogP contribution is -2.64. The maximum absolute atomic E-state index is 14.5. The van der Waals surface area contributed by atoms with Crippen molar-refractivity contribution in [2.45, 2.75) is 84.2 Å². The average molecular weight is 676 g/mol. The monoisotopic (exact) mass is 675 g/mol. The molecule has 0 bridgehead atoms. The summed E-state index contributed by atoms with van der Waals surface area (Å²) in [4.78, 5) is 53.2. The van der Waals surface area contributed by atoms with E-state index in [1.54, 1.807) is 53.8 Å². The molecular formula is C37H43F2N5O5. The van der Waals surface area contributed by atoms with Gasteiger partial charge in [-0.3, -0.25) is 19.5 Å². The fourth-order valence-corrected chi connectivity index (χ4v) is 7.04. The number of phenols is 1. The van der Waals surface area contributed by atoms with E-state index >= 15 is 0 Å². The summed E-state index contributed by atoms with van der Waals surface area (Å²) in [5.41, 5.74) is 2.67. The number of hydrogen-bond donors (Lipinski definition) is 1. The molecule has 2 aromatic carbocycles. The van der Waals surface area contributed by atoms with E-state index in [9.17, 15) is 28.3 Å². The minimum Gasteiger partial charge on any atom is -0.508 e. The highest BCUT2D eigenvalue weighted by Gasteiger charge is 2.45. The van der Waals surface area contributed by atoms with Gasteiger partial charge in [0.2, 0.25) is 11.8 Å². The van der Waals surface area contributed by atoms with Crippen molar-refractivity contribution in [2.24, 2.45) is 0 Å². The van der Waals surface area contributed by atoms with Gasteiger partial charge in [0.25, 0.3) is 0 Å². The van der Waals surface area contributed by atoms with Crippen LogP contribution in [0, 0.1) is 11.6 Å². The predicted octanol–water partition coefficient (Wildman–Crippen LogP) is 5.13. The molecule has 3 aromatic rings. The van der Waals surface area contributed by atoms with Gasteiger partial charge in [0.15, 0.2) is 0 Å². The third-order valence-electron chi connectivity index (χ3n) is 9.48. The van der Waals surface area contributed by atoms with Gasteiger partial charge in [-0.1, -0.05) is 32.0 Å². The van der Waals surface area contributed by atoms with Gasteiger partial charge in [-0.15, -0.1) is 0 Å². The van der Waals surface area contributed by atoms with E-state index < -0.39 is 34.8 Å². The van der Waals surface area contributed by atoms with Crippen LogP contribution in [0.1, 0.15) is 69.5 Å². The molecule has 12 heteroatoms. The second-order valence-corrected chi connectivity index (χ2v) is 15.0. The predicted molar refractivity (Wildman–Crippen MR) is 179 cm³/mol. The number of aromatic hydroxyl groups is 1. The average Bonchev–Trinajstić information content (AvgIpc) is 3.57. The Hall–Kier alpha value is -4.58. The quantitative estimate of drug-likeness (QED) is 0.400. The van der Waals surface area contributed by atoms with Crippen molar-refractivity contribution in [3.63, 3.8) is 0 Å². The van der Waals surface area contributed by atoms with Crippen LogP contribution < -0.4 is 4.90 Å².